The van der Waals surface area contributed by atoms with Gasteiger partial charge in [0.05, 0.1) is 6.04 Å². The second-order valence-electron chi connectivity index (χ2n) is 4.84. The Morgan fingerprint density at radius 3 is 2.73 bits per heavy atom. The van der Waals surface area contributed by atoms with Crippen LogP contribution in [0.2, 0.25) is 0 Å². The van der Waals surface area contributed by atoms with E-state index >= 15 is 0 Å². The Labute approximate surface area is 92.8 Å². The summed E-state index contributed by atoms with van der Waals surface area (Å²) in [5.41, 5.74) is 5.79. The SMILES string of the molecule is CCCC[C@H](N)C(=O)NC(C)CC1CC1. The molecule has 0 radical (unpaired) electrons. The maximum absolute atomic E-state index is 11.6. The minimum Gasteiger partial charge on any atom is -0.352 e. The van der Waals surface area contributed by atoms with Gasteiger partial charge in [-0.3, -0.25) is 4.79 Å². The van der Waals surface area contributed by atoms with E-state index in [-0.39, 0.29) is 18.0 Å². The average Bonchev–Trinajstić information content (AvgIpc) is 2.97. The molecular formula is C12H24N2O. The summed E-state index contributed by atoms with van der Waals surface area (Å²) in [4.78, 5) is 11.6. The summed E-state index contributed by atoms with van der Waals surface area (Å²) in [5, 5.41) is 3.00. The first-order valence-electron chi connectivity index (χ1n) is 6.19. The third-order valence-electron chi connectivity index (χ3n) is 2.98. The van der Waals surface area contributed by atoms with Gasteiger partial charge >= 0.3 is 0 Å². The van der Waals surface area contributed by atoms with Gasteiger partial charge in [0.15, 0.2) is 0 Å². The molecule has 88 valence electrons. The summed E-state index contributed by atoms with van der Waals surface area (Å²) in [6.07, 6.45) is 6.72. The summed E-state index contributed by atoms with van der Waals surface area (Å²) in [6.45, 7) is 4.18. The molecule has 3 N–H and O–H groups in total. The highest BCUT2D eigenvalue weighted by molar-refractivity contribution is 5.81. The van der Waals surface area contributed by atoms with Crippen molar-refractivity contribution in [3.05, 3.63) is 0 Å². The van der Waals surface area contributed by atoms with Crippen LogP contribution in [0.1, 0.15) is 52.4 Å². The fourth-order valence-electron chi connectivity index (χ4n) is 1.82. The maximum atomic E-state index is 11.6. The van der Waals surface area contributed by atoms with E-state index in [1.165, 1.54) is 12.8 Å². The molecule has 1 saturated carbocycles. The van der Waals surface area contributed by atoms with E-state index < -0.39 is 0 Å². The molecule has 1 fully saturated rings. The molecule has 1 unspecified atom stereocenters. The first kappa shape index (κ1) is 12.5. The first-order chi connectivity index (χ1) is 7.13. The molecule has 1 rings (SSSR count). The van der Waals surface area contributed by atoms with Crippen molar-refractivity contribution in [1.82, 2.24) is 5.32 Å². The van der Waals surface area contributed by atoms with Crippen LogP contribution in [0.4, 0.5) is 0 Å². The molecule has 0 spiro atoms. The van der Waals surface area contributed by atoms with Crippen LogP contribution < -0.4 is 11.1 Å². The Hall–Kier alpha value is -0.570. The van der Waals surface area contributed by atoms with E-state index in [1.807, 2.05) is 0 Å². The van der Waals surface area contributed by atoms with Crippen LogP contribution in [0.25, 0.3) is 0 Å². The van der Waals surface area contributed by atoms with Gasteiger partial charge in [0.2, 0.25) is 5.91 Å². The van der Waals surface area contributed by atoms with Crippen molar-refractivity contribution in [3.8, 4) is 0 Å². The lowest BCUT2D eigenvalue weighted by atomic mass is 10.1. The van der Waals surface area contributed by atoms with Gasteiger partial charge < -0.3 is 11.1 Å². The van der Waals surface area contributed by atoms with E-state index in [1.54, 1.807) is 0 Å². The van der Waals surface area contributed by atoms with Crippen molar-refractivity contribution >= 4 is 5.91 Å². The predicted molar refractivity (Wildman–Crippen MR) is 62.4 cm³/mol. The van der Waals surface area contributed by atoms with Crippen molar-refractivity contribution in [1.29, 1.82) is 0 Å². The Balaban J connectivity index is 2.14. The Morgan fingerprint density at radius 2 is 2.20 bits per heavy atom. The maximum Gasteiger partial charge on any atom is 0.237 e. The zero-order chi connectivity index (χ0) is 11.3. The molecular weight excluding hydrogens is 188 g/mol. The topological polar surface area (TPSA) is 55.1 Å². The largest absolute Gasteiger partial charge is 0.352 e. The minimum atomic E-state index is -0.313. The highest BCUT2D eigenvalue weighted by atomic mass is 16.2. The molecule has 0 aromatic rings. The summed E-state index contributed by atoms with van der Waals surface area (Å²) >= 11 is 0. The lowest BCUT2D eigenvalue weighted by Crippen LogP contribution is -2.44. The van der Waals surface area contributed by atoms with Crippen LogP contribution in [0, 0.1) is 5.92 Å². The monoisotopic (exact) mass is 212 g/mol. The van der Waals surface area contributed by atoms with Crippen LogP contribution in [-0.2, 0) is 4.79 Å². The molecule has 0 aromatic carbocycles. The number of carbonyl (C=O) groups excluding carboxylic acids is 1. The van der Waals surface area contributed by atoms with Gasteiger partial charge in [-0.1, -0.05) is 32.6 Å². The molecule has 3 heteroatoms. The second-order valence-corrected chi connectivity index (χ2v) is 4.84. The number of unbranched alkanes of at least 4 members (excludes halogenated alkanes) is 1. The number of carbonyl (C=O) groups is 1. The number of nitrogens with two attached hydrogens (primary N) is 1. The predicted octanol–water partition coefficient (Wildman–Crippen LogP) is 1.81. The molecule has 3 nitrogen and oxygen atoms in total. The summed E-state index contributed by atoms with van der Waals surface area (Å²) in [7, 11) is 0. The van der Waals surface area contributed by atoms with Crippen molar-refractivity contribution in [3.63, 3.8) is 0 Å². The molecule has 0 aromatic heterocycles. The normalized spacial score (nSPS) is 19.7. The third-order valence-corrected chi connectivity index (χ3v) is 2.98. The Kier molecular flexibility index (Phi) is 5.09. The number of hydrogen-bond donors (Lipinski definition) is 2. The fourth-order valence-corrected chi connectivity index (χ4v) is 1.82. The van der Waals surface area contributed by atoms with Crippen LogP contribution in [0.15, 0.2) is 0 Å². The second kappa shape index (κ2) is 6.11. The van der Waals surface area contributed by atoms with E-state index in [0.29, 0.717) is 0 Å². The molecule has 2 atom stereocenters. The van der Waals surface area contributed by atoms with E-state index in [4.69, 9.17) is 5.73 Å². The molecule has 0 saturated heterocycles. The minimum absolute atomic E-state index is 0.0246. The van der Waals surface area contributed by atoms with Crippen molar-refractivity contribution < 1.29 is 4.79 Å². The fraction of sp³-hybridized carbons (Fsp3) is 0.917. The number of nitrogens with one attached hydrogen (secondary N) is 1. The van der Waals surface area contributed by atoms with E-state index in [0.717, 1.165) is 31.6 Å². The number of rotatable bonds is 7. The van der Waals surface area contributed by atoms with Gasteiger partial charge in [0, 0.05) is 6.04 Å². The molecule has 0 heterocycles. The van der Waals surface area contributed by atoms with Gasteiger partial charge in [-0.05, 0) is 25.7 Å². The zero-order valence-corrected chi connectivity index (χ0v) is 9.96. The Bertz CT molecular complexity index is 202. The lowest BCUT2D eigenvalue weighted by molar-refractivity contribution is -0.123. The van der Waals surface area contributed by atoms with Gasteiger partial charge in [-0.2, -0.15) is 0 Å². The van der Waals surface area contributed by atoms with Crippen LogP contribution >= 0.6 is 0 Å². The number of hydrogen-bond acceptors (Lipinski definition) is 2. The van der Waals surface area contributed by atoms with Crippen LogP contribution in [0.5, 0.6) is 0 Å². The first-order valence-corrected chi connectivity index (χ1v) is 6.19. The van der Waals surface area contributed by atoms with Gasteiger partial charge in [0.25, 0.3) is 0 Å². The van der Waals surface area contributed by atoms with Crippen molar-refractivity contribution in [2.24, 2.45) is 11.7 Å². The van der Waals surface area contributed by atoms with Gasteiger partial charge in [-0.25, -0.2) is 0 Å². The summed E-state index contributed by atoms with van der Waals surface area (Å²) in [5.74, 6) is 0.878. The van der Waals surface area contributed by atoms with Gasteiger partial charge in [-0.15, -0.1) is 0 Å². The summed E-state index contributed by atoms with van der Waals surface area (Å²) < 4.78 is 0. The van der Waals surface area contributed by atoms with Crippen LogP contribution in [-0.4, -0.2) is 18.0 Å². The molecule has 1 amide bonds. The van der Waals surface area contributed by atoms with Crippen molar-refractivity contribution in [2.45, 2.75) is 64.5 Å². The van der Waals surface area contributed by atoms with E-state index in [9.17, 15) is 4.79 Å². The standard InChI is InChI=1S/C12H24N2O/c1-3-4-5-11(13)12(15)14-9(2)8-10-6-7-10/h9-11H,3-8,13H2,1-2H3,(H,14,15)/t9?,11-/m0/s1. The van der Waals surface area contributed by atoms with Crippen LogP contribution in [0.3, 0.4) is 0 Å². The summed E-state index contributed by atoms with van der Waals surface area (Å²) in [6, 6.07) is -0.0238. The Morgan fingerprint density at radius 1 is 1.53 bits per heavy atom. The van der Waals surface area contributed by atoms with Crippen molar-refractivity contribution in [2.75, 3.05) is 0 Å². The lowest BCUT2D eigenvalue weighted by Gasteiger charge is -2.17. The third kappa shape index (κ3) is 5.17. The highest BCUT2D eigenvalue weighted by Gasteiger charge is 2.24. The molecule has 0 aliphatic heterocycles. The zero-order valence-electron chi connectivity index (χ0n) is 9.96. The van der Waals surface area contributed by atoms with E-state index in [2.05, 4.69) is 19.2 Å². The molecule has 1 aliphatic rings. The van der Waals surface area contributed by atoms with Gasteiger partial charge in [0.1, 0.15) is 0 Å². The molecule has 0 bridgehead atoms. The quantitative estimate of drug-likeness (QED) is 0.676. The smallest absolute Gasteiger partial charge is 0.237 e. The average molecular weight is 212 g/mol. The molecule has 1 aliphatic carbocycles. The highest BCUT2D eigenvalue weighted by Crippen LogP contribution is 2.33. The molecule has 15 heavy (non-hydrogen) atoms. The number of amides is 1.